The highest BCUT2D eigenvalue weighted by Crippen LogP contribution is 2.26. The predicted octanol–water partition coefficient (Wildman–Crippen LogP) is 2.96. The van der Waals surface area contributed by atoms with Crippen LogP contribution in [-0.2, 0) is 14.8 Å². The molecule has 0 aliphatic heterocycles. The summed E-state index contributed by atoms with van der Waals surface area (Å²) in [6, 6.07) is 11.9. The summed E-state index contributed by atoms with van der Waals surface area (Å²) in [6.45, 7) is 1.70. The van der Waals surface area contributed by atoms with Crippen LogP contribution >= 0.6 is 11.8 Å². The second-order valence-corrected chi connectivity index (χ2v) is 9.38. The second kappa shape index (κ2) is 8.51. The van der Waals surface area contributed by atoms with Crippen LogP contribution in [0.5, 0.6) is 0 Å². The van der Waals surface area contributed by atoms with Crippen LogP contribution in [0.25, 0.3) is 0 Å². The number of nitrogens with zero attached hydrogens (tertiary/aromatic N) is 2. The zero-order chi connectivity index (χ0) is 20.2. The van der Waals surface area contributed by atoms with E-state index in [1.807, 2.05) is 0 Å². The molecule has 1 N–H and O–H groups in total. The molecule has 0 bridgehead atoms. The van der Waals surface area contributed by atoms with Gasteiger partial charge in [0.25, 0.3) is 5.69 Å². The minimum absolute atomic E-state index is 0.0182. The number of carbonyl (C=O) groups excluding carboxylic acids is 1. The van der Waals surface area contributed by atoms with Crippen molar-refractivity contribution in [3.63, 3.8) is 0 Å². The zero-order valence-electron chi connectivity index (χ0n) is 14.9. The number of nitro groups is 1. The van der Waals surface area contributed by atoms with Gasteiger partial charge in [-0.05, 0) is 37.3 Å². The first-order chi connectivity index (χ1) is 12.6. The molecule has 0 fully saturated rings. The Morgan fingerprint density at radius 3 is 2.37 bits per heavy atom. The molecular weight excluding hydrogens is 390 g/mol. The van der Waals surface area contributed by atoms with Gasteiger partial charge in [0.15, 0.2) is 0 Å². The number of hydrogen-bond acceptors (Lipinski definition) is 6. The van der Waals surface area contributed by atoms with Crippen molar-refractivity contribution in [2.75, 3.05) is 19.4 Å². The van der Waals surface area contributed by atoms with Gasteiger partial charge in [-0.1, -0.05) is 6.07 Å². The van der Waals surface area contributed by atoms with Crippen molar-refractivity contribution in [1.29, 1.82) is 0 Å². The van der Waals surface area contributed by atoms with Gasteiger partial charge in [-0.25, -0.2) is 12.7 Å². The lowest BCUT2D eigenvalue weighted by Crippen LogP contribution is -2.24. The van der Waals surface area contributed by atoms with Crippen LogP contribution < -0.4 is 5.32 Å². The van der Waals surface area contributed by atoms with Gasteiger partial charge in [0.1, 0.15) is 0 Å². The zero-order valence-corrected chi connectivity index (χ0v) is 16.6. The first-order valence-electron chi connectivity index (χ1n) is 7.86. The number of benzene rings is 2. The fourth-order valence-corrected chi connectivity index (χ4v) is 3.91. The Morgan fingerprint density at radius 1 is 1.19 bits per heavy atom. The average molecular weight is 409 g/mol. The summed E-state index contributed by atoms with van der Waals surface area (Å²) in [6.07, 6.45) is 0. The molecule has 1 amide bonds. The third kappa shape index (κ3) is 5.28. The summed E-state index contributed by atoms with van der Waals surface area (Å²) in [4.78, 5) is 23.4. The van der Waals surface area contributed by atoms with Crippen molar-refractivity contribution >= 4 is 39.1 Å². The molecule has 27 heavy (non-hydrogen) atoms. The van der Waals surface area contributed by atoms with Crippen LogP contribution in [0.4, 0.5) is 11.4 Å². The molecule has 0 saturated heterocycles. The fraction of sp³-hybridized carbons (Fsp3) is 0.235. The van der Waals surface area contributed by atoms with Gasteiger partial charge < -0.3 is 5.32 Å². The maximum absolute atomic E-state index is 12.4. The highest BCUT2D eigenvalue weighted by molar-refractivity contribution is 8.00. The lowest BCUT2D eigenvalue weighted by molar-refractivity contribution is -0.384. The van der Waals surface area contributed by atoms with E-state index in [0.717, 1.165) is 4.31 Å². The number of hydrogen-bond donors (Lipinski definition) is 1. The Labute approximate surface area is 161 Å². The third-order valence-electron chi connectivity index (χ3n) is 3.61. The molecule has 0 aliphatic rings. The van der Waals surface area contributed by atoms with Gasteiger partial charge >= 0.3 is 0 Å². The molecule has 2 rings (SSSR count). The van der Waals surface area contributed by atoms with E-state index < -0.39 is 20.2 Å². The van der Waals surface area contributed by atoms with Crippen molar-refractivity contribution in [2.24, 2.45) is 0 Å². The Morgan fingerprint density at radius 2 is 1.81 bits per heavy atom. The molecule has 8 nitrogen and oxygen atoms in total. The van der Waals surface area contributed by atoms with E-state index in [1.165, 1.54) is 50.1 Å². The topological polar surface area (TPSA) is 110 Å². The van der Waals surface area contributed by atoms with Gasteiger partial charge in [0.05, 0.1) is 15.1 Å². The molecule has 0 saturated carbocycles. The summed E-state index contributed by atoms with van der Waals surface area (Å²) < 4.78 is 25.5. The highest BCUT2D eigenvalue weighted by atomic mass is 32.2. The van der Waals surface area contributed by atoms with Gasteiger partial charge in [-0.3, -0.25) is 14.9 Å². The lowest BCUT2D eigenvalue weighted by Gasteiger charge is -2.14. The smallest absolute Gasteiger partial charge is 0.269 e. The number of nitrogens with one attached hydrogen (secondary N) is 1. The molecular formula is C17H19N3O5S2. The number of anilines is 1. The Hall–Kier alpha value is -2.43. The second-order valence-electron chi connectivity index (χ2n) is 5.82. The summed E-state index contributed by atoms with van der Waals surface area (Å²) in [5.41, 5.74) is 0.356. The number of carbonyl (C=O) groups is 1. The van der Waals surface area contributed by atoms with Gasteiger partial charge in [-0.2, -0.15) is 0 Å². The van der Waals surface area contributed by atoms with E-state index in [0.29, 0.717) is 10.6 Å². The standard InChI is InChI=1S/C17H19N3O5S2/c1-12(26-15-9-7-14(8-10-15)20(22)23)17(21)18-13-5-4-6-16(11-13)27(24,25)19(2)3/h4-12H,1-3H3,(H,18,21). The maximum Gasteiger partial charge on any atom is 0.269 e. The highest BCUT2D eigenvalue weighted by Gasteiger charge is 2.19. The van der Waals surface area contributed by atoms with E-state index in [4.69, 9.17) is 0 Å². The minimum atomic E-state index is -3.59. The number of sulfonamides is 1. The van der Waals surface area contributed by atoms with E-state index in [1.54, 1.807) is 31.2 Å². The summed E-state index contributed by atoms with van der Waals surface area (Å²) >= 11 is 1.24. The molecule has 0 spiro atoms. The largest absolute Gasteiger partial charge is 0.325 e. The predicted molar refractivity (Wildman–Crippen MR) is 104 cm³/mol. The van der Waals surface area contributed by atoms with E-state index in [2.05, 4.69) is 5.32 Å². The molecule has 10 heteroatoms. The Kier molecular flexibility index (Phi) is 6.58. The van der Waals surface area contributed by atoms with E-state index in [9.17, 15) is 23.3 Å². The molecule has 0 heterocycles. The molecule has 2 aromatic carbocycles. The van der Waals surface area contributed by atoms with Crippen molar-refractivity contribution in [2.45, 2.75) is 22.0 Å². The monoisotopic (exact) mass is 409 g/mol. The number of thioether (sulfide) groups is 1. The van der Waals surface area contributed by atoms with Crippen molar-refractivity contribution in [1.82, 2.24) is 4.31 Å². The average Bonchev–Trinajstić information content (AvgIpc) is 2.62. The normalized spacial score (nSPS) is 12.6. The molecule has 0 radical (unpaired) electrons. The number of non-ortho nitro benzene ring substituents is 1. The van der Waals surface area contributed by atoms with Crippen molar-refractivity contribution < 1.29 is 18.1 Å². The molecule has 0 aliphatic carbocycles. The Bertz CT molecular complexity index is 943. The van der Waals surface area contributed by atoms with Crippen molar-refractivity contribution in [3.05, 3.63) is 58.6 Å². The third-order valence-corrected chi connectivity index (χ3v) is 6.53. The number of amides is 1. The van der Waals surface area contributed by atoms with Gasteiger partial charge in [-0.15, -0.1) is 11.8 Å². The van der Waals surface area contributed by atoms with Crippen LogP contribution in [0.1, 0.15) is 6.92 Å². The van der Waals surface area contributed by atoms with Gasteiger partial charge in [0.2, 0.25) is 15.9 Å². The lowest BCUT2D eigenvalue weighted by atomic mass is 10.3. The molecule has 0 aromatic heterocycles. The summed E-state index contributed by atoms with van der Waals surface area (Å²) in [7, 11) is -0.725. The SMILES string of the molecule is CC(Sc1ccc([N+](=O)[O-])cc1)C(=O)Nc1cccc(S(=O)(=O)N(C)C)c1. The molecule has 1 atom stereocenters. The molecule has 1 unspecified atom stereocenters. The first-order valence-corrected chi connectivity index (χ1v) is 10.2. The first kappa shape index (κ1) is 20.9. The number of rotatable bonds is 7. The van der Waals surface area contributed by atoms with Crippen LogP contribution in [-0.4, -0.2) is 42.9 Å². The van der Waals surface area contributed by atoms with Crippen molar-refractivity contribution in [3.8, 4) is 0 Å². The molecule has 144 valence electrons. The van der Waals surface area contributed by atoms with E-state index >= 15 is 0 Å². The number of nitro benzene ring substituents is 1. The van der Waals surface area contributed by atoms with Crippen LogP contribution in [0.2, 0.25) is 0 Å². The minimum Gasteiger partial charge on any atom is -0.325 e. The van der Waals surface area contributed by atoms with E-state index in [-0.39, 0.29) is 16.5 Å². The quantitative estimate of drug-likeness (QED) is 0.428. The summed E-state index contributed by atoms with van der Waals surface area (Å²) in [5.74, 6) is -0.308. The van der Waals surface area contributed by atoms with Gasteiger partial charge in [0, 0.05) is 36.8 Å². The Balaban J connectivity index is 2.07. The fourth-order valence-electron chi connectivity index (χ4n) is 2.09. The van der Waals surface area contributed by atoms with Crippen LogP contribution in [0.3, 0.4) is 0 Å². The van der Waals surface area contributed by atoms with Crippen LogP contribution in [0.15, 0.2) is 58.3 Å². The maximum atomic E-state index is 12.4. The van der Waals surface area contributed by atoms with Crippen LogP contribution in [0, 0.1) is 10.1 Å². The molecule has 2 aromatic rings. The summed E-state index contributed by atoms with van der Waals surface area (Å²) in [5, 5.41) is 12.9.